The molecular formula is C28H26F3N7O5. The van der Waals surface area contributed by atoms with Crippen molar-refractivity contribution in [2.75, 3.05) is 30.9 Å². The quantitative estimate of drug-likeness (QED) is 0.0951. The number of amides is 3. The molecule has 0 atom stereocenters. The molecule has 0 aromatic heterocycles. The molecule has 3 amide bonds. The number of hydrogen-bond acceptors (Lipinski definition) is 7. The molecule has 15 heteroatoms. The molecule has 4 rings (SSSR count). The maximum Gasteiger partial charge on any atom is 0.416 e. The van der Waals surface area contributed by atoms with E-state index in [0.29, 0.717) is 48.0 Å². The van der Waals surface area contributed by atoms with Gasteiger partial charge in [-0.1, -0.05) is 5.11 Å². The summed E-state index contributed by atoms with van der Waals surface area (Å²) in [4.78, 5) is 31.1. The van der Waals surface area contributed by atoms with Gasteiger partial charge in [-0.15, -0.1) is 0 Å². The van der Waals surface area contributed by atoms with E-state index in [1.807, 2.05) is 0 Å². The van der Waals surface area contributed by atoms with Crippen LogP contribution in [-0.4, -0.2) is 38.2 Å². The van der Waals surface area contributed by atoms with E-state index >= 15 is 0 Å². The number of ether oxygens (including phenoxy) is 3. The minimum Gasteiger partial charge on any atom is -0.491 e. The van der Waals surface area contributed by atoms with E-state index in [2.05, 4.69) is 35.7 Å². The summed E-state index contributed by atoms with van der Waals surface area (Å²) >= 11 is 0. The summed E-state index contributed by atoms with van der Waals surface area (Å²) in [7, 11) is 1.26. The van der Waals surface area contributed by atoms with E-state index in [4.69, 9.17) is 15.0 Å². The lowest BCUT2D eigenvalue weighted by molar-refractivity contribution is -0.137. The average Bonchev–Trinajstić information content (AvgIpc) is 3.37. The van der Waals surface area contributed by atoms with Crippen molar-refractivity contribution in [1.29, 1.82) is 0 Å². The number of unbranched alkanes of at least 4 members (excludes halogenated alkanes) is 1. The Morgan fingerprint density at radius 1 is 1.00 bits per heavy atom. The van der Waals surface area contributed by atoms with Crippen molar-refractivity contribution < 1.29 is 37.0 Å². The van der Waals surface area contributed by atoms with Crippen molar-refractivity contribution in [3.63, 3.8) is 0 Å². The molecule has 1 aliphatic rings. The summed E-state index contributed by atoms with van der Waals surface area (Å²) in [5.74, 6) is 1.51. The summed E-state index contributed by atoms with van der Waals surface area (Å²) in [5, 5.41) is 10.9. The van der Waals surface area contributed by atoms with Crippen LogP contribution >= 0.6 is 0 Å². The molecule has 1 aliphatic heterocycles. The third-order valence-electron chi connectivity index (χ3n) is 5.97. The van der Waals surface area contributed by atoms with Crippen molar-refractivity contribution in [3.05, 3.63) is 82.2 Å². The van der Waals surface area contributed by atoms with Crippen LogP contribution in [0.1, 0.15) is 24.0 Å². The second-order valence-corrected chi connectivity index (χ2v) is 9.07. The SMILES string of the molecule is COC(=O)NC1=Nc2ccc(Oc3ccc(NC(=O)Nc4cc(C(F)(F)F)ccc4OCCCCN=[N+]=[N-])cc3)cc2C1. The van der Waals surface area contributed by atoms with Crippen LogP contribution in [0.4, 0.5) is 39.8 Å². The first-order valence-corrected chi connectivity index (χ1v) is 12.9. The Morgan fingerprint density at radius 2 is 1.77 bits per heavy atom. The molecule has 0 bridgehead atoms. The molecule has 43 heavy (non-hydrogen) atoms. The molecule has 3 aromatic rings. The van der Waals surface area contributed by atoms with Crippen molar-refractivity contribution in [2.24, 2.45) is 10.1 Å². The summed E-state index contributed by atoms with van der Waals surface area (Å²) in [6, 6.07) is 13.6. The molecule has 0 saturated heterocycles. The summed E-state index contributed by atoms with van der Waals surface area (Å²) in [6.45, 7) is 0.413. The average molecular weight is 598 g/mol. The molecule has 0 aliphatic carbocycles. The first kappa shape index (κ1) is 30.5. The Kier molecular flexibility index (Phi) is 9.91. The van der Waals surface area contributed by atoms with E-state index in [0.717, 1.165) is 23.8 Å². The topological polar surface area (TPSA) is 159 Å². The Hall–Kier alpha value is -5.43. The van der Waals surface area contributed by atoms with E-state index < -0.39 is 23.9 Å². The highest BCUT2D eigenvalue weighted by Gasteiger charge is 2.31. The number of fused-ring (bicyclic) bond motifs is 1. The van der Waals surface area contributed by atoms with E-state index in [1.54, 1.807) is 42.5 Å². The largest absolute Gasteiger partial charge is 0.491 e. The van der Waals surface area contributed by atoms with Gasteiger partial charge in [0.25, 0.3) is 0 Å². The maximum atomic E-state index is 13.3. The molecule has 0 unspecified atom stereocenters. The highest BCUT2D eigenvalue weighted by Crippen LogP contribution is 2.36. The van der Waals surface area contributed by atoms with Crippen LogP contribution in [0.25, 0.3) is 10.4 Å². The summed E-state index contributed by atoms with van der Waals surface area (Å²) in [5.41, 5.74) is 9.12. The van der Waals surface area contributed by atoms with Crippen LogP contribution in [0.15, 0.2) is 70.8 Å². The zero-order valence-electron chi connectivity index (χ0n) is 22.8. The molecule has 224 valence electrons. The van der Waals surface area contributed by atoms with Crippen LogP contribution in [0, 0.1) is 0 Å². The molecule has 0 fully saturated rings. The Labute approximate surface area is 243 Å². The molecule has 1 heterocycles. The van der Waals surface area contributed by atoms with Gasteiger partial charge >= 0.3 is 18.3 Å². The van der Waals surface area contributed by atoms with Gasteiger partial charge in [-0.3, -0.25) is 5.32 Å². The second kappa shape index (κ2) is 14.0. The minimum absolute atomic E-state index is 0.0589. The lowest BCUT2D eigenvalue weighted by Gasteiger charge is -2.16. The number of halogens is 3. The monoisotopic (exact) mass is 597 g/mol. The number of anilines is 2. The minimum atomic E-state index is -4.62. The third-order valence-corrected chi connectivity index (χ3v) is 5.97. The highest BCUT2D eigenvalue weighted by molar-refractivity contribution is 6.01. The number of amidine groups is 1. The number of nitrogens with one attached hydrogen (secondary N) is 3. The smallest absolute Gasteiger partial charge is 0.416 e. The molecule has 0 spiro atoms. The maximum absolute atomic E-state index is 13.3. The molecule has 3 N–H and O–H groups in total. The van der Waals surface area contributed by atoms with Crippen LogP contribution in [0.3, 0.4) is 0 Å². The number of carbonyl (C=O) groups excluding carboxylic acids is 2. The summed E-state index contributed by atoms with van der Waals surface area (Å²) < 4.78 is 55.9. The standard InChI is InChI=1S/C28H26F3N7O5/c1-41-27(40)37-25-15-17-14-21(9-10-22(17)35-25)43-20-7-5-19(6-8-20)34-26(39)36-23-16-18(28(29,30)31)4-11-24(23)42-13-3-2-12-33-38-32/h4-11,14,16H,2-3,12-13,15H2,1H3,(H2,34,36,39)(H,35,37,40). The first-order chi connectivity index (χ1) is 20.6. The first-order valence-electron chi connectivity index (χ1n) is 12.9. The third kappa shape index (κ3) is 8.78. The number of alkyl carbamates (subject to hydrolysis) is 1. The van der Waals surface area contributed by atoms with Gasteiger partial charge in [0.15, 0.2) is 0 Å². The van der Waals surface area contributed by atoms with Gasteiger partial charge in [0, 0.05) is 23.6 Å². The van der Waals surface area contributed by atoms with E-state index in [-0.39, 0.29) is 24.6 Å². The number of aliphatic imine (C=N–C) groups is 1. The summed E-state index contributed by atoms with van der Waals surface area (Å²) in [6.07, 6.45) is -3.80. The molecule has 12 nitrogen and oxygen atoms in total. The second-order valence-electron chi connectivity index (χ2n) is 9.07. The number of benzene rings is 3. The molecule has 0 radical (unpaired) electrons. The van der Waals surface area contributed by atoms with Crippen molar-refractivity contribution in [2.45, 2.75) is 25.4 Å². The fourth-order valence-electron chi connectivity index (χ4n) is 3.95. The number of alkyl halides is 3. The zero-order chi connectivity index (χ0) is 30.8. The number of urea groups is 1. The number of methoxy groups -OCH3 is 1. The zero-order valence-corrected chi connectivity index (χ0v) is 22.8. The van der Waals surface area contributed by atoms with Gasteiger partial charge in [0.1, 0.15) is 23.1 Å². The van der Waals surface area contributed by atoms with Crippen LogP contribution in [0.5, 0.6) is 17.2 Å². The number of nitrogens with zero attached hydrogens (tertiary/aromatic N) is 4. The predicted octanol–water partition coefficient (Wildman–Crippen LogP) is 7.55. The number of carbonyl (C=O) groups is 2. The fraction of sp³-hybridized carbons (Fsp3) is 0.250. The van der Waals surface area contributed by atoms with Crippen molar-refractivity contribution in [1.82, 2.24) is 5.32 Å². The van der Waals surface area contributed by atoms with Gasteiger partial charge in [-0.25, -0.2) is 14.6 Å². The lowest BCUT2D eigenvalue weighted by atomic mass is 10.1. The van der Waals surface area contributed by atoms with Crippen molar-refractivity contribution in [3.8, 4) is 17.2 Å². The van der Waals surface area contributed by atoms with Gasteiger partial charge in [-0.2, -0.15) is 13.2 Å². The molecular weight excluding hydrogens is 571 g/mol. The number of azide groups is 1. The van der Waals surface area contributed by atoms with Crippen LogP contribution < -0.4 is 25.4 Å². The predicted molar refractivity (Wildman–Crippen MR) is 152 cm³/mol. The van der Waals surface area contributed by atoms with Crippen LogP contribution in [-0.2, 0) is 17.3 Å². The number of hydrogen-bond donors (Lipinski definition) is 3. The fourth-order valence-corrected chi connectivity index (χ4v) is 3.95. The van der Waals surface area contributed by atoms with Gasteiger partial charge in [0.2, 0.25) is 0 Å². The van der Waals surface area contributed by atoms with Gasteiger partial charge < -0.3 is 24.8 Å². The van der Waals surface area contributed by atoms with Crippen LogP contribution in [0.2, 0.25) is 0 Å². The van der Waals surface area contributed by atoms with Gasteiger partial charge in [0.05, 0.1) is 30.7 Å². The normalized spacial score (nSPS) is 11.9. The van der Waals surface area contributed by atoms with E-state index in [1.165, 1.54) is 7.11 Å². The Bertz CT molecular complexity index is 1560. The van der Waals surface area contributed by atoms with Crippen molar-refractivity contribution >= 4 is 35.0 Å². The number of rotatable bonds is 10. The Morgan fingerprint density at radius 3 is 2.49 bits per heavy atom. The highest BCUT2D eigenvalue weighted by atomic mass is 19.4. The molecule has 0 saturated carbocycles. The van der Waals surface area contributed by atoms with E-state index in [9.17, 15) is 22.8 Å². The lowest BCUT2D eigenvalue weighted by Crippen LogP contribution is -2.30. The van der Waals surface area contributed by atoms with Gasteiger partial charge in [-0.05, 0) is 84.6 Å². The molecule has 3 aromatic carbocycles. The Balaban J connectivity index is 1.35.